The molecule has 174 valence electrons. The van der Waals surface area contributed by atoms with E-state index in [1.807, 2.05) is 42.5 Å². The molecule has 2 aromatic carbocycles. The second-order valence-electron chi connectivity index (χ2n) is 9.14. The summed E-state index contributed by atoms with van der Waals surface area (Å²) >= 11 is 0. The summed E-state index contributed by atoms with van der Waals surface area (Å²) in [4.78, 5) is 34.4. The van der Waals surface area contributed by atoms with Crippen LogP contribution in [0.2, 0.25) is 0 Å². The first-order chi connectivity index (χ1) is 16.4. The fraction of sp³-hybridized carbons (Fsp3) is 0.308. The van der Waals surface area contributed by atoms with Crippen LogP contribution in [-0.2, 0) is 13.6 Å². The Labute approximate surface area is 197 Å². The largest absolute Gasteiger partial charge is 0.335 e. The quantitative estimate of drug-likeness (QED) is 0.454. The minimum absolute atomic E-state index is 0.149. The Bertz CT molecular complexity index is 1410. The Morgan fingerprint density at radius 2 is 1.85 bits per heavy atom. The van der Waals surface area contributed by atoms with E-state index in [0.717, 1.165) is 24.0 Å². The van der Waals surface area contributed by atoms with Gasteiger partial charge in [0.25, 0.3) is 0 Å². The van der Waals surface area contributed by atoms with E-state index >= 15 is 0 Å². The van der Waals surface area contributed by atoms with Crippen LogP contribution in [0.15, 0.2) is 59.5 Å². The zero-order valence-corrected chi connectivity index (χ0v) is 19.6. The maximum Gasteiger partial charge on any atom is 0.330 e. The van der Waals surface area contributed by atoms with Gasteiger partial charge in [-0.1, -0.05) is 50.2 Å². The number of carbonyl (C=O) groups excluding carboxylic acids is 1. The minimum atomic E-state index is -0.188. The molecule has 0 atom stereocenters. The van der Waals surface area contributed by atoms with Crippen molar-refractivity contribution in [3.05, 3.63) is 76.3 Å². The molecule has 2 amide bonds. The van der Waals surface area contributed by atoms with E-state index in [-0.39, 0.29) is 11.7 Å². The van der Waals surface area contributed by atoms with Crippen molar-refractivity contribution in [1.82, 2.24) is 24.4 Å². The van der Waals surface area contributed by atoms with Crippen molar-refractivity contribution in [2.24, 2.45) is 7.05 Å². The van der Waals surface area contributed by atoms with Crippen molar-refractivity contribution >= 4 is 22.9 Å². The van der Waals surface area contributed by atoms with Gasteiger partial charge in [-0.15, -0.1) is 0 Å². The molecule has 0 aliphatic heterocycles. The van der Waals surface area contributed by atoms with E-state index in [1.165, 1.54) is 5.56 Å². The molecule has 1 saturated carbocycles. The molecule has 1 aliphatic rings. The van der Waals surface area contributed by atoms with Crippen LogP contribution in [0.4, 0.5) is 10.5 Å². The van der Waals surface area contributed by atoms with Gasteiger partial charge >= 0.3 is 11.7 Å². The van der Waals surface area contributed by atoms with Gasteiger partial charge in [-0.25, -0.2) is 19.6 Å². The molecule has 0 bridgehead atoms. The Morgan fingerprint density at radius 3 is 2.56 bits per heavy atom. The van der Waals surface area contributed by atoms with Gasteiger partial charge in [-0.3, -0.25) is 9.13 Å². The summed E-state index contributed by atoms with van der Waals surface area (Å²) in [5, 5.41) is 5.75. The fourth-order valence-electron chi connectivity index (χ4n) is 4.11. The molecule has 8 nitrogen and oxygen atoms in total. The topological polar surface area (TPSA) is 93.8 Å². The lowest BCUT2D eigenvalue weighted by molar-refractivity contribution is 0.251. The lowest BCUT2D eigenvalue weighted by atomic mass is 9.97. The van der Waals surface area contributed by atoms with Crippen LogP contribution in [0.25, 0.3) is 22.6 Å². The number of imidazole rings is 1. The number of aromatic nitrogens is 4. The number of hydrogen-bond acceptors (Lipinski definition) is 4. The van der Waals surface area contributed by atoms with Gasteiger partial charge in [0, 0.05) is 24.3 Å². The van der Waals surface area contributed by atoms with Crippen molar-refractivity contribution in [2.75, 3.05) is 5.32 Å². The standard InChI is InChI=1S/C26H28N6O2/c1-16(2)20-6-4-5-7-21(20)23-27-14-22-24(30-23)32(26(34)31(22)3)15-17-8-10-18(11-9-17)28-25(33)29-19-12-13-19/h4-11,14,16,19H,12-13,15H2,1-3H3,(H2,28,29,33). The smallest absolute Gasteiger partial charge is 0.330 e. The molecule has 0 saturated heterocycles. The summed E-state index contributed by atoms with van der Waals surface area (Å²) in [5.41, 5.74) is 4.92. The zero-order chi connectivity index (χ0) is 23.8. The first kappa shape index (κ1) is 21.9. The highest BCUT2D eigenvalue weighted by atomic mass is 16.2. The van der Waals surface area contributed by atoms with Crippen LogP contribution < -0.4 is 16.3 Å². The lowest BCUT2D eigenvalue weighted by Crippen LogP contribution is -2.30. The van der Waals surface area contributed by atoms with E-state index in [4.69, 9.17) is 4.98 Å². The van der Waals surface area contributed by atoms with E-state index in [9.17, 15) is 9.59 Å². The van der Waals surface area contributed by atoms with Gasteiger partial charge in [0.05, 0.1) is 12.7 Å². The number of carbonyl (C=O) groups is 1. The van der Waals surface area contributed by atoms with Crippen LogP contribution in [-0.4, -0.2) is 31.2 Å². The Hall–Kier alpha value is -3.94. The minimum Gasteiger partial charge on any atom is -0.335 e. The lowest BCUT2D eigenvalue weighted by Gasteiger charge is -2.12. The number of aryl methyl sites for hydroxylation is 1. The van der Waals surface area contributed by atoms with Gasteiger partial charge in [0.15, 0.2) is 11.5 Å². The maximum atomic E-state index is 13.0. The summed E-state index contributed by atoms with van der Waals surface area (Å²) in [7, 11) is 1.73. The predicted octanol–water partition coefficient (Wildman–Crippen LogP) is 4.25. The molecular formula is C26H28N6O2. The highest BCUT2D eigenvalue weighted by molar-refractivity contribution is 5.89. The number of benzene rings is 2. The van der Waals surface area contributed by atoms with Crippen molar-refractivity contribution in [2.45, 2.75) is 45.2 Å². The van der Waals surface area contributed by atoms with Crippen LogP contribution in [0.1, 0.15) is 43.7 Å². The highest BCUT2D eigenvalue weighted by Gasteiger charge is 2.23. The number of hydrogen-bond donors (Lipinski definition) is 2. The number of fused-ring (bicyclic) bond motifs is 1. The number of urea groups is 1. The van der Waals surface area contributed by atoms with E-state index < -0.39 is 0 Å². The molecule has 2 heterocycles. The Morgan fingerprint density at radius 1 is 1.12 bits per heavy atom. The summed E-state index contributed by atoms with van der Waals surface area (Å²) in [6.07, 6.45) is 3.80. The fourth-order valence-corrected chi connectivity index (χ4v) is 4.11. The van der Waals surface area contributed by atoms with Crippen LogP contribution >= 0.6 is 0 Å². The molecule has 1 fully saturated rings. The van der Waals surface area contributed by atoms with Crippen LogP contribution in [0.3, 0.4) is 0 Å². The molecule has 4 aromatic rings. The molecule has 0 radical (unpaired) electrons. The molecule has 34 heavy (non-hydrogen) atoms. The number of amides is 2. The Kier molecular flexibility index (Phi) is 5.65. The predicted molar refractivity (Wildman–Crippen MR) is 133 cm³/mol. The molecule has 0 unspecified atom stereocenters. The van der Waals surface area contributed by atoms with Gasteiger partial charge in [0.2, 0.25) is 0 Å². The molecule has 2 N–H and O–H groups in total. The van der Waals surface area contributed by atoms with Crippen molar-refractivity contribution < 1.29 is 4.79 Å². The van der Waals surface area contributed by atoms with Crippen molar-refractivity contribution in [3.63, 3.8) is 0 Å². The highest BCUT2D eigenvalue weighted by Crippen LogP contribution is 2.27. The first-order valence-corrected chi connectivity index (χ1v) is 11.6. The summed E-state index contributed by atoms with van der Waals surface area (Å²) in [6.45, 7) is 4.65. The monoisotopic (exact) mass is 456 g/mol. The second kappa shape index (κ2) is 8.78. The number of nitrogens with one attached hydrogen (secondary N) is 2. The van der Waals surface area contributed by atoms with Gasteiger partial charge in [-0.2, -0.15) is 0 Å². The van der Waals surface area contributed by atoms with Gasteiger partial charge in [0.1, 0.15) is 5.52 Å². The molecule has 5 rings (SSSR count). The van der Waals surface area contributed by atoms with E-state index in [2.05, 4.69) is 35.5 Å². The third-order valence-electron chi connectivity index (χ3n) is 6.17. The summed E-state index contributed by atoms with van der Waals surface area (Å²) < 4.78 is 3.24. The zero-order valence-electron chi connectivity index (χ0n) is 19.6. The molecular weight excluding hydrogens is 428 g/mol. The second-order valence-corrected chi connectivity index (χ2v) is 9.14. The van der Waals surface area contributed by atoms with Gasteiger partial charge in [-0.05, 0) is 42.0 Å². The van der Waals surface area contributed by atoms with E-state index in [1.54, 1.807) is 22.4 Å². The summed E-state index contributed by atoms with van der Waals surface area (Å²) in [6, 6.07) is 15.7. The molecule has 0 spiro atoms. The third-order valence-corrected chi connectivity index (χ3v) is 6.17. The number of anilines is 1. The normalized spacial score (nSPS) is 13.4. The average Bonchev–Trinajstić information content (AvgIpc) is 3.62. The van der Waals surface area contributed by atoms with Crippen LogP contribution in [0, 0.1) is 0 Å². The average molecular weight is 457 g/mol. The number of rotatable bonds is 6. The molecule has 8 heteroatoms. The van der Waals surface area contributed by atoms with E-state index in [0.29, 0.717) is 41.2 Å². The molecule has 1 aliphatic carbocycles. The molecule has 2 aromatic heterocycles. The van der Waals surface area contributed by atoms with Crippen molar-refractivity contribution in [1.29, 1.82) is 0 Å². The SMILES string of the molecule is CC(C)c1ccccc1-c1ncc2c(n1)n(Cc1ccc(NC(=O)NC3CC3)cc1)c(=O)n2C. The number of nitrogens with zero attached hydrogens (tertiary/aromatic N) is 4. The maximum absolute atomic E-state index is 13.0. The van der Waals surface area contributed by atoms with Gasteiger partial charge < -0.3 is 10.6 Å². The first-order valence-electron chi connectivity index (χ1n) is 11.6. The van der Waals surface area contributed by atoms with Crippen LogP contribution in [0.5, 0.6) is 0 Å². The van der Waals surface area contributed by atoms with Crippen molar-refractivity contribution in [3.8, 4) is 11.4 Å². The Balaban J connectivity index is 1.45. The third kappa shape index (κ3) is 4.31. The summed E-state index contributed by atoms with van der Waals surface area (Å²) in [5.74, 6) is 0.935.